The van der Waals surface area contributed by atoms with Crippen LogP contribution in [0.5, 0.6) is 0 Å². The van der Waals surface area contributed by atoms with Gasteiger partial charge < -0.3 is 16.4 Å². The van der Waals surface area contributed by atoms with Crippen LogP contribution in [-0.2, 0) is 0 Å². The third-order valence-electron chi connectivity index (χ3n) is 3.87. The summed E-state index contributed by atoms with van der Waals surface area (Å²) < 4.78 is 0. The summed E-state index contributed by atoms with van der Waals surface area (Å²) in [5, 5.41) is 7.43. The number of benzene rings is 2. The molecule has 4 N–H and O–H groups in total. The Bertz CT molecular complexity index is 907. The summed E-state index contributed by atoms with van der Waals surface area (Å²) in [7, 11) is 0. The second-order valence-electron chi connectivity index (χ2n) is 5.64. The monoisotopic (exact) mass is 373 g/mol. The molecule has 3 aromatic rings. The second kappa shape index (κ2) is 7.17. The smallest absolute Gasteiger partial charge is 0.159 e. The van der Waals surface area contributed by atoms with Gasteiger partial charge in [-0.2, -0.15) is 0 Å². The minimum atomic E-state index is 0.402. The molecule has 0 aliphatic heterocycles. The Hall–Kier alpha value is -2.50. The van der Waals surface area contributed by atoms with Crippen LogP contribution >= 0.6 is 23.2 Å². The fourth-order valence-corrected chi connectivity index (χ4v) is 2.90. The van der Waals surface area contributed by atoms with Gasteiger partial charge in [0, 0.05) is 21.4 Å². The molecule has 0 radical (unpaired) electrons. The number of rotatable bonds is 4. The molecule has 0 atom stereocenters. The molecule has 0 bridgehead atoms. The lowest BCUT2D eigenvalue weighted by Gasteiger charge is -2.15. The van der Waals surface area contributed by atoms with E-state index in [2.05, 4.69) is 33.6 Å². The predicted octanol–water partition coefficient (Wildman–Crippen LogP) is 5.47. The van der Waals surface area contributed by atoms with Crippen molar-refractivity contribution in [3.8, 4) is 0 Å². The Balaban J connectivity index is 1.91. The third-order valence-corrected chi connectivity index (χ3v) is 4.30. The molecule has 2 aromatic carbocycles. The Morgan fingerprint density at radius 3 is 2.24 bits per heavy atom. The van der Waals surface area contributed by atoms with E-state index in [1.807, 2.05) is 19.1 Å². The topological polar surface area (TPSA) is 75.9 Å². The zero-order chi connectivity index (χ0) is 18.0. The van der Waals surface area contributed by atoms with E-state index in [0.717, 1.165) is 11.3 Å². The maximum absolute atomic E-state index is 6.23. The summed E-state index contributed by atoms with van der Waals surface area (Å²) in [4.78, 5) is 8.44. The van der Waals surface area contributed by atoms with Crippen LogP contribution in [0.2, 0.25) is 10.0 Å². The highest BCUT2D eigenvalue weighted by molar-refractivity contribution is 6.35. The Kier molecular flexibility index (Phi) is 4.97. The van der Waals surface area contributed by atoms with Gasteiger partial charge in [0.25, 0.3) is 0 Å². The van der Waals surface area contributed by atoms with Gasteiger partial charge in [0.05, 0.1) is 0 Å². The lowest BCUT2D eigenvalue weighted by molar-refractivity contribution is 1.17. The molecular weight excluding hydrogens is 357 g/mol. The van der Waals surface area contributed by atoms with Crippen LogP contribution < -0.4 is 16.4 Å². The number of halogens is 2. The average Bonchev–Trinajstić information content (AvgIpc) is 2.54. The maximum atomic E-state index is 6.23. The third kappa shape index (κ3) is 3.95. The van der Waals surface area contributed by atoms with Gasteiger partial charge in [0.15, 0.2) is 11.6 Å². The standard InChI is InChI=1S/C18H17Cl2N5/c1-10-4-3-5-15(11(10)2)25-18-16(21)17(22-9-23-18)24-14-7-12(19)6-13(20)8-14/h3-9H,21H2,1-2H3,(H2,22,23,24,25). The largest absolute Gasteiger partial charge is 0.393 e. The molecule has 0 saturated carbocycles. The summed E-state index contributed by atoms with van der Waals surface area (Å²) in [6.45, 7) is 4.10. The number of hydrogen-bond donors (Lipinski definition) is 3. The molecule has 1 aromatic heterocycles. The highest BCUT2D eigenvalue weighted by Crippen LogP contribution is 2.31. The molecule has 0 aliphatic carbocycles. The van der Waals surface area contributed by atoms with Gasteiger partial charge in [-0.25, -0.2) is 9.97 Å². The van der Waals surface area contributed by atoms with Gasteiger partial charge in [-0.1, -0.05) is 35.3 Å². The van der Waals surface area contributed by atoms with Crippen molar-refractivity contribution in [3.63, 3.8) is 0 Å². The first kappa shape index (κ1) is 17.3. The number of nitrogens with one attached hydrogen (secondary N) is 2. The second-order valence-corrected chi connectivity index (χ2v) is 6.51. The minimum absolute atomic E-state index is 0.402. The van der Waals surface area contributed by atoms with Crippen molar-refractivity contribution in [2.75, 3.05) is 16.4 Å². The number of nitrogen functional groups attached to an aromatic ring is 1. The van der Waals surface area contributed by atoms with Crippen molar-refractivity contribution < 1.29 is 0 Å². The molecule has 128 valence electrons. The Labute approximate surface area is 156 Å². The van der Waals surface area contributed by atoms with E-state index < -0.39 is 0 Å². The first-order valence-electron chi connectivity index (χ1n) is 7.61. The molecule has 25 heavy (non-hydrogen) atoms. The molecule has 7 heteroatoms. The van der Waals surface area contributed by atoms with Gasteiger partial charge in [0.2, 0.25) is 0 Å². The van der Waals surface area contributed by atoms with Crippen molar-refractivity contribution in [1.29, 1.82) is 0 Å². The fourth-order valence-electron chi connectivity index (χ4n) is 2.37. The number of nitrogens with two attached hydrogens (primary N) is 1. The number of aromatic nitrogens is 2. The summed E-state index contributed by atoms with van der Waals surface area (Å²) in [6, 6.07) is 11.2. The van der Waals surface area contributed by atoms with Gasteiger partial charge in [-0.15, -0.1) is 0 Å². The van der Waals surface area contributed by atoms with Crippen LogP contribution in [-0.4, -0.2) is 9.97 Å². The molecule has 0 amide bonds. The number of nitrogens with zero attached hydrogens (tertiary/aromatic N) is 2. The van der Waals surface area contributed by atoms with E-state index in [1.165, 1.54) is 11.9 Å². The highest BCUT2D eigenvalue weighted by Gasteiger charge is 2.11. The SMILES string of the molecule is Cc1cccc(Nc2ncnc(Nc3cc(Cl)cc(Cl)c3)c2N)c1C. The molecule has 0 aliphatic rings. The Morgan fingerprint density at radius 1 is 0.920 bits per heavy atom. The van der Waals surface area contributed by atoms with E-state index in [0.29, 0.717) is 33.1 Å². The zero-order valence-corrected chi connectivity index (χ0v) is 15.3. The van der Waals surface area contributed by atoms with Crippen molar-refractivity contribution in [1.82, 2.24) is 9.97 Å². The van der Waals surface area contributed by atoms with Crippen molar-refractivity contribution in [2.24, 2.45) is 0 Å². The summed E-state index contributed by atoms with van der Waals surface area (Å²) in [5.74, 6) is 1.00. The molecule has 0 saturated heterocycles. The first-order valence-corrected chi connectivity index (χ1v) is 8.36. The average molecular weight is 374 g/mol. The first-order chi connectivity index (χ1) is 11.9. The maximum Gasteiger partial charge on any atom is 0.159 e. The van der Waals surface area contributed by atoms with Crippen LogP contribution in [0.25, 0.3) is 0 Å². The normalized spacial score (nSPS) is 10.6. The van der Waals surface area contributed by atoms with Crippen molar-refractivity contribution in [2.45, 2.75) is 13.8 Å². The van der Waals surface area contributed by atoms with Crippen LogP contribution in [0.1, 0.15) is 11.1 Å². The molecular formula is C18H17Cl2N5. The number of hydrogen-bond acceptors (Lipinski definition) is 5. The Morgan fingerprint density at radius 2 is 1.56 bits per heavy atom. The number of aryl methyl sites for hydroxylation is 1. The van der Waals surface area contributed by atoms with Crippen molar-refractivity contribution in [3.05, 3.63) is 63.9 Å². The van der Waals surface area contributed by atoms with E-state index in [4.69, 9.17) is 28.9 Å². The quantitative estimate of drug-likeness (QED) is 0.565. The van der Waals surface area contributed by atoms with Gasteiger partial charge >= 0.3 is 0 Å². The van der Waals surface area contributed by atoms with Crippen molar-refractivity contribution >= 4 is 51.9 Å². The van der Waals surface area contributed by atoms with Gasteiger partial charge in [-0.05, 0) is 49.2 Å². The summed E-state index contributed by atoms with van der Waals surface area (Å²) in [5.41, 5.74) is 10.6. The predicted molar refractivity (Wildman–Crippen MR) is 105 cm³/mol. The van der Waals surface area contributed by atoms with Gasteiger partial charge in [0.1, 0.15) is 12.0 Å². The van der Waals surface area contributed by atoms with E-state index in [-0.39, 0.29) is 0 Å². The summed E-state index contributed by atoms with van der Waals surface area (Å²) >= 11 is 12.1. The fraction of sp³-hybridized carbons (Fsp3) is 0.111. The molecule has 0 spiro atoms. The molecule has 3 rings (SSSR count). The lowest BCUT2D eigenvalue weighted by Crippen LogP contribution is -2.06. The number of anilines is 5. The molecule has 5 nitrogen and oxygen atoms in total. The summed E-state index contributed by atoms with van der Waals surface area (Å²) in [6.07, 6.45) is 1.44. The highest BCUT2D eigenvalue weighted by atomic mass is 35.5. The van der Waals surface area contributed by atoms with Crippen LogP contribution in [0.3, 0.4) is 0 Å². The van der Waals surface area contributed by atoms with E-state index in [9.17, 15) is 0 Å². The van der Waals surface area contributed by atoms with E-state index >= 15 is 0 Å². The molecule has 0 fully saturated rings. The van der Waals surface area contributed by atoms with Gasteiger partial charge in [-0.3, -0.25) is 0 Å². The molecule has 1 heterocycles. The van der Waals surface area contributed by atoms with Crippen LogP contribution in [0.15, 0.2) is 42.7 Å². The zero-order valence-electron chi connectivity index (χ0n) is 13.8. The lowest BCUT2D eigenvalue weighted by atomic mass is 10.1. The van der Waals surface area contributed by atoms with E-state index in [1.54, 1.807) is 18.2 Å². The van der Waals surface area contributed by atoms with Crippen LogP contribution in [0.4, 0.5) is 28.7 Å². The molecule has 0 unspecified atom stereocenters. The van der Waals surface area contributed by atoms with Crippen LogP contribution in [0, 0.1) is 13.8 Å². The minimum Gasteiger partial charge on any atom is -0.393 e.